The van der Waals surface area contributed by atoms with Crippen molar-refractivity contribution in [2.75, 3.05) is 35.2 Å². The molecular weight excluding hydrogens is 422 g/mol. The Morgan fingerprint density at radius 1 is 1.19 bits per heavy atom. The fourth-order valence-corrected chi connectivity index (χ4v) is 4.89. The van der Waals surface area contributed by atoms with Crippen LogP contribution in [0.5, 0.6) is 0 Å². The third kappa shape index (κ3) is 5.01. The van der Waals surface area contributed by atoms with Crippen molar-refractivity contribution in [2.45, 2.75) is 45.3 Å². The average molecular weight is 454 g/mol. The Hall–Kier alpha value is -2.74. The number of anilines is 2. The van der Waals surface area contributed by atoms with Crippen LogP contribution in [-0.2, 0) is 11.3 Å². The van der Waals surface area contributed by atoms with E-state index in [1.807, 2.05) is 55.1 Å². The molecule has 1 fully saturated rings. The summed E-state index contributed by atoms with van der Waals surface area (Å²) in [5, 5.41) is 9.71. The molecule has 1 aliphatic rings. The van der Waals surface area contributed by atoms with E-state index in [9.17, 15) is 4.79 Å². The van der Waals surface area contributed by atoms with E-state index in [2.05, 4.69) is 26.6 Å². The topological polar surface area (TPSA) is 67.4 Å². The fourth-order valence-electron chi connectivity index (χ4n) is 4.08. The molecule has 0 unspecified atom stereocenters. The van der Waals surface area contributed by atoms with Crippen LogP contribution in [0, 0.1) is 12.8 Å². The number of aryl methyl sites for hydroxylation is 1. The third-order valence-corrected chi connectivity index (χ3v) is 6.96. The van der Waals surface area contributed by atoms with Crippen LogP contribution in [0.15, 0.2) is 52.2 Å². The van der Waals surface area contributed by atoms with Gasteiger partial charge in [-0.15, -0.1) is 10.2 Å². The second kappa shape index (κ2) is 10.3. The first kappa shape index (κ1) is 22.5. The molecule has 0 atom stereocenters. The minimum absolute atomic E-state index is 0.0627. The zero-order valence-corrected chi connectivity index (χ0v) is 19.8. The van der Waals surface area contributed by atoms with Gasteiger partial charge in [0.25, 0.3) is 0 Å². The summed E-state index contributed by atoms with van der Waals surface area (Å²) >= 11 is 1.44. The van der Waals surface area contributed by atoms with Crippen molar-refractivity contribution in [3.8, 4) is 0 Å². The highest BCUT2D eigenvalue weighted by molar-refractivity contribution is 7.99. The average Bonchev–Trinajstić information content (AvgIpc) is 3.45. The van der Waals surface area contributed by atoms with E-state index in [1.165, 1.54) is 11.8 Å². The largest absolute Gasteiger partial charge is 0.467 e. The first-order chi connectivity index (χ1) is 15.6. The maximum Gasteiger partial charge on any atom is 0.237 e. The van der Waals surface area contributed by atoms with E-state index >= 15 is 0 Å². The molecule has 4 rings (SSSR count). The predicted molar refractivity (Wildman–Crippen MR) is 128 cm³/mol. The van der Waals surface area contributed by atoms with Gasteiger partial charge in [-0.25, -0.2) is 0 Å². The summed E-state index contributed by atoms with van der Waals surface area (Å²) in [7, 11) is 0. The Bertz CT molecular complexity index is 1020. The van der Waals surface area contributed by atoms with Gasteiger partial charge in [0.2, 0.25) is 11.9 Å². The number of hydrogen-bond donors (Lipinski definition) is 0. The second-order valence-corrected chi connectivity index (χ2v) is 9.27. The summed E-state index contributed by atoms with van der Waals surface area (Å²) < 4.78 is 7.67. The van der Waals surface area contributed by atoms with Gasteiger partial charge in [0.1, 0.15) is 5.76 Å². The minimum atomic E-state index is 0.0627. The summed E-state index contributed by atoms with van der Waals surface area (Å²) in [4.78, 5) is 17.2. The Morgan fingerprint density at radius 2 is 1.97 bits per heavy atom. The maximum atomic E-state index is 13.1. The van der Waals surface area contributed by atoms with Crippen molar-refractivity contribution in [2.24, 2.45) is 5.92 Å². The van der Waals surface area contributed by atoms with Crippen molar-refractivity contribution < 1.29 is 9.21 Å². The van der Waals surface area contributed by atoms with Crippen LogP contribution >= 0.6 is 11.8 Å². The van der Waals surface area contributed by atoms with Gasteiger partial charge in [0.15, 0.2) is 5.16 Å². The molecule has 8 heteroatoms. The molecule has 32 heavy (non-hydrogen) atoms. The number of thioether (sulfide) groups is 1. The molecule has 2 aromatic heterocycles. The summed E-state index contributed by atoms with van der Waals surface area (Å²) in [5.74, 6) is 2.80. The van der Waals surface area contributed by atoms with Crippen LogP contribution in [0.1, 0.15) is 38.0 Å². The molecule has 7 nitrogen and oxygen atoms in total. The number of furan rings is 1. The number of nitrogens with zero attached hydrogens (tertiary/aromatic N) is 5. The fraction of sp³-hybridized carbons (Fsp3) is 0.458. The number of para-hydroxylation sites is 1. The Kier molecular flexibility index (Phi) is 7.19. The number of piperidine rings is 1. The second-order valence-electron chi connectivity index (χ2n) is 8.33. The van der Waals surface area contributed by atoms with Crippen molar-refractivity contribution in [1.82, 2.24) is 14.8 Å². The van der Waals surface area contributed by atoms with Crippen LogP contribution in [0.3, 0.4) is 0 Å². The molecule has 1 aromatic carbocycles. The van der Waals surface area contributed by atoms with Gasteiger partial charge in [-0.2, -0.15) is 0 Å². The lowest BCUT2D eigenvalue weighted by atomic mass is 10.00. The number of hydrogen-bond acceptors (Lipinski definition) is 6. The minimum Gasteiger partial charge on any atom is -0.467 e. The van der Waals surface area contributed by atoms with Crippen molar-refractivity contribution in [1.29, 1.82) is 0 Å². The highest BCUT2D eigenvalue weighted by atomic mass is 32.2. The van der Waals surface area contributed by atoms with E-state index in [1.54, 1.807) is 6.26 Å². The monoisotopic (exact) mass is 453 g/mol. The number of rotatable bonds is 8. The van der Waals surface area contributed by atoms with Crippen molar-refractivity contribution in [3.05, 3.63) is 54.0 Å². The molecule has 0 bridgehead atoms. The number of carbonyl (C=O) groups is 1. The molecule has 0 spiro atoms. The lowest BCUT2D eigenvalue weighted by Crippen LogP contribution is -2.35. The summed E-state index contributed by atoms with van der Waals surface area (Å²) in [5.41, 5.74) is 2.05. The molecular formula is C24H31N5O2S. The van der Waals surface area contributed by atoms with Crippen LogP contribution in [0.2, 0.25) is 0 Å². The zero-order chi connectivity index (χ0) is 22.5. The lowest BCUT2D eigenvalue weighted by molar-refractivity contribution is -0.116. The number of amides is 1. The van der Waals surface area contributed by atoms with Crippen LogP contribution < -0.4 is 9.80 Å². The van der Waals surface area contributed by atoms with Gasteiger partial charge < -0.3 is 14.2 Å². The first-order valence-corrected chi connectivity index (χ1v) is 12.2. The molecule has 0 aliphatic carbocycles. The predicted octanol–water partition coefficient (Wildman–Crippen LogP) is 4.61. The highest BCUT2D eigenvalue weighted by Gasteiger charge is 2.24. The summed E-state index contributed by atoms with van der Waals surface area (Å²) in [6.07, 6.45) is 3.98. The SMILES string of the molecule is CCN(C(=O)CSc1nnc(N2CCC(C)CC2)n1Cc1ccco1)c1ccccc1C. The van der Waals surface area contributed by atoms with Crippen molar-refractivity contribution in [3.63, 3.8) is 0 Å². The zero-order valence-electron chi connectivity index (χ0n) is 19.0. The normalized spacial score (nSPS) is 14.7. The Labute approximate surface area is 193 Å². The molecule has 0 radical (unpaired) electrons. The van der Waals surface area contributed by atoms with Crippen molar-refractivity contribution >= 4 is 29.3 Å². The summed E-state index contributed by atoms with van der Waals surface area (Å²) in [6, 6.07) is 11.8. The molecule has 1 aliphatic heterocycles. The molecule has 1 amide bonds. The van der Waals surface area contributed by atoms with Gasteiger partial charge in [-0.3, -0.25) is 9.36 Å². The molecule has 3 heterocycles. The third-order valence-electron chi connectivity index (χ3n) is 6.01. The quantitative estimate of drug-likeness (QED) is 0.464. The number of benzene rings is 1. The van der Waals surface area contributed by atoms with Gasteiger partial charge in [-0.1, -0.05) is 36.9 Å². The van der Waals surface area contributed by atoms with E-state index in [4.69, 9.17) is 4.42 Å². The van der Waals surface area contributed by atoms with Gasteiger partial charge in [-0.05, 0) is 56.4 Å². The molecule has 0 N–H and O–H groups in total. The smallest absolute Gasteiger partial charge is 0.237 e. The highest BCUT2D eigenvalue weighted by Crippen LogP contribution is 2.28. The van der Waals surface area contributed by atoms with Crippen LogP contribution in [-0.4, -0.2) is 46.1 Å². The van der Waals surface area contributed by atoms with E-state index in [0.717, 1.165) is 60.0 Å². The van der Waals surface area contributed by atoms with Gasteiger partial charge >= 0.3 is 0 Å². The Morgan fingerprint density at radius 3 is 2.66 bits per heavy atom. The number of aromatic nitrogens is 3. The summed E-state index contributed by atoms with van der Waals surface area (Å²) in [6.45, 7) is 9.45. The Balaban J connectivity index is 1.52. The van der Waals surface area contributed by atoms with Crippen LogP contribution in [0.25, 0.3) is 0 Å². The van der Waals surface area contributed by atoms with E-state index in [0.29, 0.717) is 18.8 Å². The van der Waals surface area contributed by atoms with Gasteiger partial charge in [0.05, 0.1) is 18.6 Å². The molecule has 1 saturated heterocycles. The molecule has 0 saturated carbocycles. The maximum absolute atomic E-state index is 13.1. The van der Waals surface area contributed by atoms with Gasteiger partial charge in [0, 0.05) is 25.3 Å². The van der Waals surface area contributed by atoms with E-state index < -0.39 is 0 Å². The standard InChI is InChI=1S/C24H31N5O2S/c1-4-28(21-10-6-5-8-19(21)3)22(30)17-32-24-26-25-23(27-13-11-18(2)12-14-27)29(24)16-20-9-7-15-31-20/h5-10,15,18H,4,11-14,16-17H2,1-3H3. The van der Waals surface area contributed by atoms with Crippen LogP contribution in [0.4, 0.5) is 11.6 Å². The van der Waals surface area contributed by atoms with E-state index in [-0.39, 0.29) is 5.91 Å². The first-order valence-electron chi connectivity index (χ1n) is 11.3. The molecule has 170 valence electrons. The number of carbonyl (C=O) groups excluding carboxylic acids is 1. The lowest BCUT2D eigenvalue weighted by Gasteiger charge is -2.31. The molecule has 3 aromatic rings.